The predicted molar refractivity (Wildman–Crippen MR) is 63.7 cm³/mol. The van der Waals surface area contributed by atoms with Crippen LogP contribution in [0.5, 0.6) is 0 Å². The molecule has 0 saturated heterocycles. The van der Waals surface area contributed by atoms with Crippen LogP contribution in [0, 0.1) is 11.3 Å². The summed E-state index contributed by atoms with van der Waals surface area (Å²) in [5.74, 6) is -1.09. The number of urea groups is 1. The Kier molecular flexibility index (Phi) is 4.69. The van der Waals surface area contributed by atoms with Crippen molar-refractivity contribution in [1.82, 2.24) is 10.2 Å². The summed E-state index contributed by atoms with van der Waals surface area (Å²) >= 11 is 0. The number of aliphatic carboxylic acids is 1. The number of nitrogens with one attached hydrogen (secondary N) is 1. The molecule has 18 heavy (non-hydrogen) atoms. The molecule has 0 unspecified atom stereocenters. The molecule has 0 radical (unpaired) electrons. The van der Waals surface area contributed by atoms with Crippen molar-refractivity contribution in [2.75, 3.05) is 13.6 Å². The summed E-state index contributed by atoms with van der Waals surface area (Å²) in [4.78, 5) is 23.1. The molecule has 0 aliphatic carbocycles. The summed E-state index contributed by atoms with van der Waals surface area (Å²) in [6.07, 6.45) is 0. The molecule has 6 heteroatoms. The Hall–Kier alpha value is -2.55. The number of carbonyl (C=O) groups is 2. The molecule has 0 fully saturated rings. The summed E-state index contributed by atoms with van der Waals surface area (Å²) in [6, 6.07) is 8.42. The average molecular weight is 247 g/mol. The van der Waals surface area contributed by atoms with Gasteiger partial charge in [0.2, 0.25) is 0 Å². The molecule has 0 atom stereocenters. The largest absolute Gasteiger partial charge is 0.480 e. The van der Waals surface area contributed by atoms with Crippen LogP contribution in [0.2, 0.25) is 0 Å². The monoisotopic (exact) mass is 247 g/mol. The van der Waals surface area contributed by atoms with Crippen molar-refractivity contribution in [2.45, 2.75) is 6.54 Å². The minimum atomic E-state index is -1.09. The Balaban J connectivity index is 2.58. The number of carboxylic acid groups (broad SMARTS) is 1. The molecule has 0 saturated carbocycles. The highest BCUT2D eigenvalue weighted by Gasteiger charge is 2.10. The highest BCUT2D eigenvalue weighted by Crippen LogP contribution is 2.06. The van der Waals surface area contributed by atoms with Crippen LogP contribution in [0.3, 0.4) is 0 Å². The fraction of sp³-hybridized carbons (Fsp3) is 0.250. The topological polar surface area (TPSA) is 93.4 Å². The number of benzene rings is 1. The van der Waals surface area contributed by atoms with Gasteiger partial charge in [0.15, 0.2) is 0 Å². The quantitative estimate of drug-likeness (QED) is 0.822. The first kappa shape index (κ1) is 13.5. The van der Waals surface area contributed by atoms with Crippen LogP contribution in [0.25, 0.3) is 0 Å². The molecule has 94 valence electrons. The van der Waals surface area contributed by atoms with E-state index in [2.05, 4.69) is 5.32 Å². The number of amides is 2. The van der Waals surface area contributed by atoms with Gasteiger partial charge in [-0.3, -0.25) is 4.79 Å². The first-order valence-electron chi connectivity index (χ1n) is 5.22. The van der Waals surface area contributed by atoms with Crippen LogP contribution < -0.4 is 5.32 Å². The summed E-state index contributed by atoms with van der Waals surface area (Å²) in [7, 11) is 1.55. The summed E-state index contributed by atoms with van der Waals surface area (Å²) < 4.78 is 0. The molecule has 1 aromatic carbocycles. The van der Waals surface area contributed by atoms with Crippen molar-refractivity contribution in [1.29, 1.82) is 5.26 Å². The summed E-state index contributed by atoms with van der Waals surface area (Å²) in [5.41, 5.74) is 1.33. The Bertz CT molecular complexity index is 494. The maximum absolute atomic E-state index is 11.5. The summed E-state index contributed by atoms with van der Waals surface area (Å²) in [6.45, 7) is -0.109. The lowest BCUT2D eigenvalue weighted by Gasteiger charge is -2.17. The molecule has 6 nitrogen and oxygen atoms in total. The van der Waals surface area contributed by atoms with Crippen molar-refractivity contribution in [3.63, 3.8) is 0 Å². The zero-order valence-electron chi connectivity index (χ0n) is 9.88. The lowest BCUT2D eigenvalue weighted by atomic mass is 10.1. The summed E-state index contributed by atoms with van der Waals surface area (Å²) in [5, 5.41) is 19.4. The smallest absolute Gasteiger partial charge is 0.323 e. The van der Waals surface area contributed by atoms with E-state index >= 15 is 0 Å². The first-order chi connectivity index (χ1) is 8.52. The van der Waals surface area contributed by atoms with E-state index in [9.17, 15) is 9.59 Å². The van der Waals surface area contributed by atoms with Gasteiger partial charge in [-0.25, -0.2) is 4.79 Å². The molecule has 1 aromatic rings. The van der Waals surface area contributed by atoms with Crippen LogP contribution in [-0.2, 0) is 11.3 Å². The van der Waals surface area contributed by atoms with Gasteiger partial charge in [-0.05, 0) is 17.7 Å². The molecular formula is C12H13N3O3. The van der Waals surface area contributed by atoms with Crippen LogP contribution in [-0.4, -0.2) is 35.6 Å². The van der Waals surface area contributed by atoms with Crippen molar-refractivity contribution in [2.24, 2.45) is 0 Å². The second kappa shape index (κ2) is 6.25. The second-order valence-electron chi connectivity index (χ2n) is 3.72. The van der Waals surface area contributed by atoms with Gasteiger partial charge in [0.1, 0.15) is 6.54 Å². The predicted octanol–water partition coefficient (Wildman–Crippen LogP) is 0.784. The molecule has 1 rings (SSSR count). The van der Waals surface area contributed by atoms with Gasteiger partial charge in [0, 0.05) is 13.6 Å². The Morgan fingerprint density at radius 1 is 1.50 bits per heavy atom. The number of hydrogen-bond acceptors (Lipinski definition) is 3. The van der Waals surface area contributed by atoms with E-state index in [1.54, 1.807) is 31.3 Å². The first-order valence-corrected chi connectivity index (χ1v) is 5.22. The number of nitriles is 1. The van der Waals surface area contributed by atoms with E-state index in [1.807, 2.05) is 6.07 Å². The number of rotatable bonds is 4. The number of hydrogen-bond donors (Lipinski definition) is 2. The van der Waals surface area contributed by atoms with Crippen LogP contribution in [0.15, 0.2) is 24.3 Å². The van der Waals surface area contributed by atoms with E-state index in [1.165, 1.54) is 4.90 Å². The molecule has 0 aliphatic heterocycles. The van der Waals surface area contributed by atoms with Crippen LogP contribution >= 0.6 is 0 Å². The van der Waals surface area contributed by atoms with Gasteiger partial charge >= 0.3 is 12.0 Å². The fourth-order valence-electron chi connectivity index (χ4n) is 1.37. The Morgan fingerprint density at radius 2 is 2.22 bits per heavy atom. The van der Waals surface area contributed by atoms with E-state index in [4.69, 9.17) is 10.4 Å². The normalized spacial score (nSPS) is 9.33. The highest BCUT2D eigenvalue weighted by atomic mass is 16.4. The second-order valence-corrected chi connectivity index (χ2v) is 3.72. The minimum absolute atomic E-state index is 0.307. The van der Waals surface area contributed by atoms with Gasteiger partial charge in [-0.2, -0.15) is 5.26 Å². The molecule has 2 amide bonds. The lowest BCUT2D eigenvalue weighted by Crippen LogP contribution is -2.39. The third kappa shape index (κ3) is 4.14. The SMILES string of the molecule is CN(Cc1cccc(C#N)c1)C(=O)NCC(=O)O. The van der Waals surface area contributed by atoms with E-state index in [0.29, 0.717) is 12.1 Å². The van der Waals surface area contributed by atoms with E-state index in [0.717, 1.165) is 5.56 Å². The zero-order chi connectivity index (χ0) is 13.5. The maximum Gasteiger partial charge on any atom is 0.323 e. The van der Waals surface area contributed by atoms with Crippen LogP contribution in [0.1, 0.15) is 11.1 Å². The lowest BCUT2D eigenvalue weighted by molar-refractivity contribution is -0.135. The third-order valence-corrected chi connectivity index (χ3v) is 2.21. The number of carbonyl (C=O) groups excluding carboxylic acids is 1. The van der Waals surface area contributed by atoms with Crippen LogP contribution in [0.4, 0.5) is 4.79 Å². The molecule has 0 heterocycles. The standard InChI is InChI=1S/C12H13N3O3/c1-15(12(18)14-7-11(16)17)8-10-4-2-3-9(5-10)6-13/h2-5H,7-8H2,1H3,(H,14,18)(H,16,17). The van der Waals surface area contributed by atoms with Gasteiger partial charge in [0.05, 0.1) is 11.6 Å². The number of nitrogens with zero attached hydrogens (tertiary/aromatic N) is 2. The molecule has 0 aliphatic rings. The van der Waals surface area contributed by atoms with Crippen molar-refractivity contribution >= 4 is 12.0 Å². The number of carboxylic acids is 1. The van der Waals surface area contributed by atoms with Gasteiger partial charge in [0.25, 0.3) is 0 Å². The van der Waals surface area contributed by atoms with Crippen molar-refractivity contribution in [3.05, 3.63) is 35.4 Å². The average Bonchev–Trinajstić information content (AvgIpc) is 2.36. The maximum atomic E-state index is 11.5. The molecular weight excluding hydrogens is 234 g/mol. The Labute approximate surface area is 104 Å². The van der Waals surface area contributed by atoms with E-state index < -0.39 is 18.5 Å². The van der Waals surface area contributed by atoms with Gasteiger partial charge in [-0.1, -0.05) is 12.1 Å². The Morgan fingerprint density at radius 3 is 2.83 bits per heavy atom. The van der Waals surface area contributed by atoms with Crippen molar-refractivity contribution < 1.29 is 14.7 Å². The minimum Gasteiger partial charge on any atom is -0.480 e. The molecule has 2 N–H and O–H groups in total. The zero-order valence-corrected chi connectivity index (χ0v) is 9.88. The third-order valence-electron chi connectivity index (χ3n) is 2.21. The van der Waals surface area contributed by atoms with Gasteiger partial charge in [-0.15, -0.1) is 0 Å². The molecule has 0 aromatic heterocycles. The van der Waals surface area contributed by atoms with Crippen molar-refractivity contribution in [3.8, 4) is 6.07 Å². The van der Waals surface area contributed by atoms with E-state index in [-0.39, 0.29) is 0 Å². The highest BCUT2D eigenvalue weighted by molar-refractivity contribution is 5.79. The molecule has 0 bridgehead atoms. The molecule has 0 spiro atoms. The fourth-order valence-corrected chi connectivity index (χ4v) is 1.37. The van der Waals surface area contributed by atoms with Gasteiger partial charge < -0.3 is 15.3 Å².